The molecule has 19 heavy (non-hydrogen) atoms. The molecule has 102 valence electrons. The molecule has 2 nitrogen and oxygen atoms in total. The first kappa shape index (κ1) is 12.6. The predicted molar refractivity (Wildman–Crippen MR) is 72.1 cm³/mol. The van der Waals surface area contributed by atoms with Crippen molar-refractivity contribution in [3.05, 3.63) is 35.6 Å². The minimum Gasteiger partial charge on any atom is -0.356 e. The second-order valence-corrected chi connectivity index (χ2v) is 5.91. The molecular formula is C16H20FNO. The Hall–Kier alpha value is -1.38. The van der Waals surface area contributed by atoms with Crippen LogP contribution in [0.5, 0.6) is 0 Å². The highest BCUT2D eigenvalue weighted by Crippen LogP contribution is 2.48. The molecule has 2 saturated carbocycles. The Bertz CT molecular complexity index is 474. The molecule has 0 heterocycles. The van der Waals surface area contributed by atoms with Crippen LogP contribution < -0.4 is 5.32 Å². The molecule has 2 fully saturated rings. The summed E-state index contributed by atoms with van der Waals surface area (Å²) >= 11 is 0. The number of carbonyl (C=O) groups is 1. The van der Waals surface area contributed by atoms with Crippen molar-refractivity contribution < 1.29 is 9.18 Å². The van der Waals surface area contributed by atoms with Crippen LogP contribution in [-0.4, -0.2) is 12.5 Å². The summed E-state index contributed by atoms with van der Waals surface area (Å²) < 4.78 is 13.4. The van der Waals surface area contributed by atoms with Crippen LogP contribution in [0.3, 0.4) is 0 Å². The van der Waals surface area contributed by atoms with Crippen LogP contribution in [0.15, 0.2) is 24.3 Å². The van der Waals surface area contributed by atoms with Crippen LogP contribution in [0, 0.1) is 23.6 Å². The molecule has 2 aliphatic rings. The average Bonchev–Trinajstić information content (AvgIpc) is 3.03. The van der Waals surface area contributed by atoms with Gasteiger partial charge in [0.25, 0.3) is 0 Å². The number of carbonyl (C=O) groups excluding carboxylic acids is 1. The molecule has 2 bridgehead atoms. The van der Waals surface area contributed by atoms with Crippen molar-refractivity contribution in [3.8, 4) is 0 Å². The summed E-state index contributed by atoms with van der Waals surface area (Å²) in [4.78, 5) is 12.1. The summed E-state index contributed by atoms with van der Waals surface area (Å²) in [7, 11) is 0. The lowest BCUT2D eigenvalue weighted by molar-refractivity contribution is -0.126. The molecule has 0 aliphatic heterocycles. The molecule has 0 aromatic heterocycles. The van der Waals surface area contributed by atoms with Crippen LogP contribution in [0.4, 0.5) is 4.39 Å². The number of hydrogen-bond donors (Lipinski definition) is 1. The van der Waals surface area contributed by atoms with Crippen molar-refractivity contribution >= 4 is 5.91 Å². The van der Waals surface area contributed by atoms with Crippen molar-refractivity contribution in [1.29, 1.82) is 0 Å². The number of rotatable bonds is 4. The average molecular weight is 261 g/mol. The second kappa shape index (κ2) is 5.32. The highest BCUT2D eigenvalue weighted by molar-refractivity contribution is 5.79. The Morgan fingerprint density at radius 3 is 2.79 bits per heavy atom. The van der Waals surface area contributed by atoms with Gasteiger partial charge in [-0.25, -0.2) is 4.39 Å². The van der Waals surface area contributed by atoms with Crippen molar-refractivity contribution in [2.24, 2.45) is 17.8 Å². The van der Waals surface area contributed by atoms with Crippen molar-refractivity contribution in [1.82, 2.24) is 5.32 Å². The van der Waals surface area contributed by atoms with E-state index >= 15 is 0 Å². The number of halogens is 1. The molecule has 3 heteroatoms. The van der Waals surface area contributed by atoms with E-state index in [1.54, 1.807) is 12.1 Å². The van der Waals surface area contributed by atoms with Gasteiger partial charge in [-0.1, -0.05) is 24.6 Å². The molecule has 1 N–H and O–H groups in total. The molecule has 1 amide bonds. The number of hydrogen-bond acceptors (Lipinski definition) is 1. The monoisotopic (exact) mass is 261 g/mol. The molecule has 3 rings (SSSR count). The topological polar surface area (TPSA) is 29.1 Å². The molecule has 0 radical (unpaired) electrons. The summed E-state index contributed by atoms with van der Waals surface area (Å²) in [5.41, 5.74) is 0.677. The van der Waals surface area contributed by atoms with Gasteiger partial charge in [-0.3, -0.25) is 4.79 Å². The highest BCUT2D eigenvalue weighted by atomic mass is 19.1. The van der Waals surface area contributed by atoms with E-state index in [1.165, 1.54) is 25.3 Å². The minimum atomic E-state index is -0.184. The number of benzene rings is 1. The van der Waals surface area contributed by atoms with Gasteiger partial charge < -0.3 is 5.32 Å². The van der Waals surface area contributed by atoms with E-state index in [0.717, 1.165) is 12.3 Å². The maximum Gasteiger partial charge on any atom is 0.223 e. The van der Waals surface area contributed by atoms with Gasteiger partial charge in [0.05, 0.1) is 0 Å². The van der Waals surface area contributed by atoms with E-state index in [4.69, 9.17) is 0 Å². The van der Waals surface area contributed by atoms with Gasteiger partial charge >= 0.3 is 0 Å². The first-order valence-corrected chi connectivity index (χ1v) is 7.25. The third kappa shape index (κ3) is 2.65. The molecule has 2 aliphatic carbocycles. The van der Waals surface area contributed by atoms with Crippen LogP contribution in [0.1, 0.15) is 31.2 Å². The molecule has 0 saturated heterocycles. The normalized spacial score (nSPS) is 28.6. The maximum atomic E-state index is 13.4. The van der Waals surface area contributed by atoms with Gasteiger partial charge in [0.2, 0.25) is 5.91 Å². The van der Waals surface area contributed by atoms with Crippen molar-refractivity contribution in [2.75, 3.05) is 6.54 Å². The molecule has 0 spiro atoms. The van der Waals surface area contributed by atoms with Gasteiger partial charge in [-0.05, 0) is 49.1 Å². The Balaban J connectivity index is 1.48. The Morgan fingerprint density at radius 1 is 1.26 bits per heavy atom. The van der Waals surface area contributed by atoms with Crippen LogP contribution in [0.25, 0.3) is 0 Å². The Labute approximate surface area is 113 Å². The highest BCUT2D eigenvalue weighted by Gasteiger charge is 2.42. The van der Waals surface area contributed by atoms with Gasteiger partial charge in [-0.15, -0.1) is 0 Å². The van der Waals surface area contributed by atoms with E-state index in [0.29, 0.717) is 24.4 Å². The Kier molecular flexibility index (Phi) is 3.54. The fourth-order valence-corrected chi connectivity index (χ4v) is 3.72. The van der Waals surface area contributed by atoms with Crippen molar-refractivity contribution in [3.63, 3.8) is 0 Å². The lowest BCUT2D eigenvalue weighted by Gasteiger charge is -2.20. The van der Waals surface area contributed by atoms with Gasteiger partial charge in [0.15, 0.2) is 0 Å². The Morgan fingerprint density at radius 2 is 2.11 bits per heavy atom. The fourth-order valence-electron chi connectivity index (χ4n) is 3.72. The molecule has 3 atom stereocenters. The van der Waals surface area contributed by atoms with Crippen LogP contribution in [-0.2, 0) is 11.2 Å². The SMILES string of the molecule is O=C(NCCc1ccccc1F)C1CC2CCC1C2. The molecule has 1 aromatic rings. The predicted octanol–water partition coefficient (Wildman–Crippen LogP) is 2.92. The number of amides is 1. The smallest absolute Gasteiger partial charge is 0.223 e. The zero-order valence-electron chi connectivity index (χ0n) is 11.1. The number of nitrogens with one attached hydrogen (secondary N) is 1. The fraction of sp³-hybridized carbons (Fsp3) is 0.562. The van der Waals surface area contributed by atoms with Crippen LogP contribution in [0.2, 0.25) is 0 Å². The van der Waals surface area contributed by atoms with E-state index in [1.807, 2.05) is 6.07 Å². The summed E-state index contributed by atoms with van der Waals surface area (Å²) in [6.45, 7) is 0.535. The quantitative estimate of drug-likeness (QED) is 0.887. The largest absolute Gasteiger partial charge is 0.356 e. The lowest BCUT2D eigenvalue weighted by atomic mass is 9.88. The van der Waals surface area contributed by atoms with E-state index in [9.17, 15) is 9.18 Å². The molecule has 3 unspecified atom stereocenters. The molecular weight excluding hydrogens is 241 g/mol. The first-order chi connectivity index (χ1) is 9.24. The zero-order chi connectivity index (χ0) is 13.2. The summed E-state index contributed by atoms with van der Waals surface area (Å²) in [6.07, 6.45) is 5.40. The minimum absolute atomic E-state index is 0.184. The van der Waals surface area contributed by atoms with Gasteiger partial charge in [0.1, 0.15) is 5.82 Å². The lowest BCUT2D eigenvalue weighted by Crippen LogP contribution is -2.34. The maximum absolute atomic E-state index is 13.4. The van der Waals surface area contributed by atoms with E-state index in [2.05, 4.69) is 5.32 Å². The standard InChI is InChI=1S/C16H20FNO/c17-15-4-2-1-3-12(15)7-8-18-16(19)14-10-11-5-6-13(14)9-11/h1-4,11,13-14H,5-10H2,(H,18,19). The summed E-state index contributed by atoms with van der Waals surface area (Å²) in [5, 5.41) is 2.98. The third-order valence-electron chi connectivity index (χ3n) is 4.73. The van der Waals surface area contributed by atoms with Gasteiger partial charge in [0, 0.05) is 12.5 Å². The zero-order valence-corrected chi connectivity index (χ0v) is 11.1. The number of fused-ring (bicyclic) bond motifs is 2. The van der Waals surface area contributed by atoms with Gasteiger partial charge in [-0.2, -0.15) is 0 Å². The van der Waals surface area contributed by atoms with E-state index < -0.39 is 0 Å². The molecule has 1 aromatic carbocycles. The third-order valence-corrected chi connectivity index (χ3v) is 4.73. The van der Waals surface area contributed by atoms with Crippen LogP contribution >= 0.6 is 0 Å². The second-order valence-electron chi connectivity index (χ2n) is 5.91. The summed E-state index contributed by atoms with van der Waals surface area (Å²) in [6, 6.07) is 6.76. The van der Waals surface area contributed by atoms with Crippen molar-refractivity contribution in [2.45, 2.75) is 32.1 Å². The summed E-state index contributed by atoms with van der Waals surface area (Å²) in [5.74, 6) is 1.62. The van der Waals surface area contributed by atoms with E-state index in [-0.39, 0.29) is 17.6 Å². The first-order valence-electron chi connectivity index (χ1n) is 7.25.